The highest BCUT2D eigenvalue weighted by Gasteiger charge is 2.44. The summed E-state index contributed by atoms with van der Waals surface area (Å²) < 4.78 is 5.46. The Balaban J connectivity index is 1.14. The van der Waals surface area contributed by atoms with Gasteiger partial charge in [0.25, 0.3) is 0 Å². The lowest BCUT2D eigenvalue weighted by Gasteiger charge is -2.25. The molecule has 31 heavy (non-hydrogen) atoms. The molecule has 1 aliphatic carbocycles. The Morgan fingerprint density at radius 3 is 2.58 bits per heavy atom. The second kappa shape index (κ2) is 9.62. The average molecular weight is 425 g/mol. The Labute approximate surface area is 188 Å². The molecule has 0 spiro atoms. The molecule has 1 saturated carbocycles. The molecule has 170 valence electrons. The summed E-state index contributed by atoms with van der Waals surface area (Å²) in [7, 11) is 0. The number of likely N-dealkylation sites (tertiary alicyclic amines) is 2. The van der Waals surface area contributed by atoms with Crippen LogP contribution in [0.1, 0.15) is 68.9 Å². The van der Waals surface area contributed by atoms with Crippen molar-refractivity contribution in [1.82, 2.24) is 9.80 Å². The third-order valence-electron chi connectivity index (χ3n) is 8.80. The first-order chi connectivity index (χ1) is 15.2. The van der Waals surface area contributed by atoms with Gasteiger partial charge in [-0.1, -0.05) is 24.3 Å². The van der Waals surface area contributed by atoms with E-state index in [1.165, 1.54) is 49.9 Å². The van der Waals surface area contributed by atoms with E-state index in [1.807, 2.05) is 0 Å². The van der Waals surface area contributed by atoms with Crippen LogP contribution >= 0.6 is 0 Å². The number of carbonyl (C=O) groups is 1. The molecule has 1 aromatic rings. The zero-order chi connectivity index (χ0) is 21.2. The van der Waals surface area contributed by atoms with E-state index in [-0.39, 0.29) is 0 Å². The molecule has 1 amide bonds. The lowest BCUT2D eigenvalue weighted by Crippen LogP contribution is -2.32. The quantitative estimate of drug-likeness (QED) is 0.675. The lowest BCUT2D eigenvalue weighted by molar-refractivity contribution is -0.132. The molecule has 5 rings (SSSR count). The molecule has 0 radical (unpaired) electrons. The Morgan fingerprint density at radius 1 is 1.03 bits per heavy atom. The minimum Gasteiger partial charge on any atom is -0.381 e. The Hall–Kier alpha value is -1.39. The summed E-state index contributed by atoms with van der Waals surface area (Å²) in [5.41, 5.74) is 2.97. The Morgan fingerprint density at radius 2 is 1.84 bits per heavy atom. The number of carbonyl (C=O) groups excluding carboxylic acids is 1. The summed E-state index contributed by atoms with van der Waals surface area (Å²) in [4.78, 5) is 17.8. The number of fused-ring (bicyclic) bond motifs is 1. The van der Waals surface area contributed by atoms with Gasteiger partial charge in [-0.25, -0.2) is 0 Å². The van der Waals surface area contributed by atoms with Crippen LogP contribution < -0.4 is 0 Å². The standard InChI is InChI=1S/C27H40N2O2/c1-20-3-2-13-28(20)14-10-21-4-6-23(7-5-21)25-9-8-24-18-29(19-26(24)25)27(30)17-22-11-15-31-16-12-22/h4-7,20,22,24-26H,2-3,8-19H2,1H3. The van der Waals surface area contributed by atoms with E-state index in [4.69, 9.17) is 4.74 Å². The van der Waals surface area contributed by atoms with Crippen LogP contribution in [0.4, 0.5) is 0 Å². The summed E-state index contributed by atoms with van der Waals surface area (Å²) in [5.74, 6) is 2.94. The molecular formula is C27H40N2O2. The molecule has 4 nitrogen and oxygen atoms in total. The number of benzene rings is 1. The van der Waals surface area contributed by atoms with Gasteiger partial charge in [-0.15, -0.1) is 0 Å². The molecule has 4 unspecified atom stereocenters. The van der Waals surface area contributed by atoms with Gasteiger partial charge in [0.05, 0.1) is 0 Å². The van der Waals surface area contributed by atoms with Crippen molar-refractivity contribution in [1.29, 1.82) is 0 Å². The van der Waals surface area contributed by atoms with Gasteiger partial charge < -0.3 is 14.5 Å². The van der Waals surface area contributed by atoms with Gasteiger partial charge in [0, 0.05) is 45.3 Å². The topological polar surface area (TPSA) is 32.8 Å². The summed E-state index contributed by atoms with van der Waals surface area (Å²) in [6.45, 7) is 8.47. The zero-order valence-corrected chi connectivity index (χ0v) is 19.3. The predicted octanol–water partition coefficient (Wildman–Crippen LogP) is 4.48. The zero-order valence-electron chi connectivity index (χ0n) is 19.3. The number of nitrogens with zero attached hydrogens (tertiary/aromatic N) is 2. The van der Waals surface area contributed by atoms with Crippen molar-refractivity contribution in [2.75, 3.05) is 39.4 Å². The van der Waals surface area contributed by atoms with Gasteiger partial charge in [-0.05, 0) is 93.2 Å². The first-order valence-corrected chi connectivity index (χ1v) is 12.9. The van der Waals surface area contributed by atoms with Crippen LogP contribution in [-0.4, -0.2) is 61.1 Å². The molecule has 3 aliphatic heterocycles. The van der Waals surface area contributed by atoms with Crippen molar-refractivity contribution < 1.29 is 9.53 Å². The maximum atomic E-state index is 12.9. The minimum atomic E-state index is 0.395. The van der Waals surface area contributed by atoms with Crippen LogP contribution in [-0.2, 0) is 16.0 Å². The van der Waals surface area contributed by atoms with Gasteiger partial charge in [-0.2, -0.15) is 0 Å². The van der Waals surface area contributed by atoms with Crippen molar-refractivity contribution in [3.8, 4) is 0 Å². The third kappa shape index (κ3) is 4.85. The average Bonchev–Trinajstić information content (AvgIpc) is 3.49. The third-order valence-corrected chi connectivity index (χ3v) is 8.80. The molecule has 4 fully saturated rings. The van der Waals surface area contributed by atoms with E-state index in [0.717, 1.165) is 58.0 Å². The van der Waals surface area contributed by atoms with Crippen LogP contribution in [0, 0.1) is 17.8 Å². The normalized spacial score (nSPS) is 32.0. The van der Waals surface area contributed by atoms with E-state index in [1.54, 1.807) is 0 Å². The van der Waals surface area contributed by atoms with Crippen LogP contribution in [0.3, 0.4) is 0 Å². The lowest BCUT2D eigenvalue weighted by atomic mass is 9.86. The fourth-order valence-electron chi connectivity index (χ4n) is 6.74. The fourth-order valence-corrected chi connectivity index (χ4v) is 6.74. The summed E-state index contributed by atoms with van der Waals surface area (Å²) in [6.07, 6.45) is 9.30. The van der Waals surface area contributed by atoms with E-state index >= 15 is 0 Å². The van der Waals surface area contributed by atoms with Crippen LogP contribution in [0.15, 0.2) is 24.3 Å². The maximum absolute atomic E-state index is 12.9. The van der Waals surface area contributed by atoms with Crippen molar-refractivity contribution in [2.45, 2.75) is 70.3 Å². The molecular weight excluding hydrogens is 384 g/mol. The Bertz CT molecular complexity index is 742. The highest BCUT2D eigenvalue weighted by molar-refractivity contribution is 5.76. The molecule has 4 atom stereocenters. The maximum Gasteiger partial charge on any atom is 0.222 e. The first kappa shape index (κ1) is 21.5. The van der Waals surface area contributed by atoms with Crippen molar-refractivity contribution in [3.63, 3.8) is 0 Å². The van der Waals surface area contributed by atoms with Crippen molar-refractivity contribution in [3.05, 3.63) is 35.4 Å². The van der Waals surface area contributed by atoms with Gasteiger partial charge in [-0.3, -0.25) is 4.79 Å². The molecule has 3 heterocycles. The first-order valence-electron chi connectivity index (χ1n) is 12.9. The highest BCUT2D eigenvalue weighted by Crippen LogP contribution is 2.47. The Kier molecular flexibility index (Phi) is 6.66. The summed E-state index contributed by atoms with van der Waals surface area (Å²) in [6, 6.07) is 10.3. The van der Waals surface area contributed by atoms with E-state index in [0.29, 0.717) is 29.6 Å². The highest BCUT2D eigenvalue weighted by atomic mass is 16.5. The monoisotopic (exact) mass is 424 g/mol. The van der Waals surface area contributed by atoms with Crippen LogP contribution in [0.2, 0.25) is 0 Å². The molecule has 1 aromatic carbocycles. The predicted molar refractivity (Wildman–Crippen MR) is 124 cm³/mol. The van der Waals surface area contributed by atoms with E-state index in [9.17, 15) is 4.79 Å². The largest absolute Gasteiger partial charge is 0.381 e. The second-order valence-corrected chi connectivity index (χ2v) is 10.7. The molecule has 0 N–H and O–H groups in total. The van der Waals surface area contributed by atoms with Crippen LogP contribution in [0.5, 0.6) is 0 Å². The van der Waals surface area contributed by atoms with Crippen LogP contribution in [0.25, 0.3) is 0 Å². The number of ether oxygens (including phenoxy) is 1. The van der Waals surface area contributed by atoms with Crippen molar-refractivity contribution in [2.24, 2.45) is 17.8 Å². The number of hydrogen-bond acceptors (Lipinski definition) is 3. The molecule has 4 heteroatoms. The van der Waals surface area contributed by atoms with Gasteiger partial charge in [0.15, 0.2) is 0 Å². The summed E-state index contributed by atoms with van der Waals surface area (Å²) >= 11 is 0. The number of amides is 1. The smallest absolute Gasteiger partial charge is 0.222 e. The molecule has 0 aromatic heterocycles. The van der Waals surface area contributed by atoms with Gasteiger partial charge >= 0.3 is 0 Å². The minimum absolute atomic E-state index is 0.395. The molecule has 0 bridgehead atoms. The second-order valence-electron chi connectivity index (χ2n) is 10.7. The molecule has 3 saturated heterocycles. The number of rotatable bonds is 6. The van der Waals surface area contributed by atoms with E-state index in [2.05, 4.69) is 41.0 Å². The van der Waals surface area contributed by atoms with Crippen molar-refractivity contribution >= 4 is 5.91 Å². The van der Waals surface area contributed by atoms with Gasteiger partial charge in [0.2, 0.25) is 5.91 Å². The fraction of sp³-hybridized carbons (Fsp3) is 0.741. The van der Waals surface area contributed by atoms with Gasteiger partial charge in [0.1, 0.15) is 0 Å². The SMILES string of the molecule is CC1CCCN1CCc1ccc(C2CCC3CN(C(=O)CC4CCOCC4)CC32)cc1. The number of hydrogen-bond donors (Lipinski definition) is 0. The van der Waals surface area contributed by atoms with E-state index < -0.39 is 0 Å². The summed E-state index contributed by atoms with van der Waals surface area (Å²) in [5, 5.41) is 0. The molecule has 4 aliphatic rings.